The van der Waals surface area contributed by atoms with Crippen LogP contribution in [-0.2, 0) is 7.05 Å². The van der Waals surface area contributed by atoms with Crippen LogP contribution in [0, 0.1) is 0 Å². The maximum atomic E-state index is 12.1. The van der Waals surface area contributed by atoms with Crippen LogP contribution in [0.3, 0.4) is 0 Å². The zero-order valence-corrected chi connectivity index (χ0v) is 17.3. The molecule has 1 N–H and O–H groups in total. The molecular formula is C21H21ClN4OS. The number of hydrogen-bond acceptors (Lipinski definition) is 5. The zero-order valence-electron chi connectivity index (χ0n) is 15.8. The summed E-state index contributed by atoms with van der Waals surface area (Å²) in [5.41, 5.74) is 4.43. The van der Waals surface area contributed by atoms with Crippen LogP contribution in [-0.4, -0.2) is 32.8 Å². The molecular weight excluding hydrogens is 392 g/mol. The van der Waals surface area contributed by atoms with Crippen LogP contribution in [0.25, 0.3) is 11.4 Å². The van der Waals surface area contributed by atoms with Gasteiger partial charge in [-0.1, -0.05) is 36.7 Å². The first-order valence-electron chi connectivity index (χ1n) is 9.26. The van der Waals surface area contributed by atoms with E-state index in [9.17, 15) is 4.79 Å². The van der Waals surface area contributed by atoms with Crippen molar-refractivity contribution < 1.29 is 4.79 Å². The van der Waals surface area contributed by atoms with Crippen LogP contribution >= 0.6 is 23.4 Å². The first kappa shape index (κ1) is 19.0. The van der Waals surface area contributed by atoms with Gasteiger partial charge in [0.1, 0.15) is 11.5 Å². The Morgan fingerprint density at radius 1 is 1.36 bits per heavy atom. The maximum absolute atomic E-state index is 12.1. The SMILES string of the molecule is CCC(=O)c1ccc(C2SCCNc3c2c(-c2ccccn2)nn3C)c(Cl)c1. The van der Waals surface area contributed by atoms with Crippen LogP contribution in [0.2, 0.25) is 5.02 Å². The van der Waals surface area contributed by atoms with E-state index in [1.165, 1.54) is 0 Å². The van der Waals surface area contributed by atoms with Crippen LogP contribution in [0.5, 0.6) is 0 Å². The number of fused-ring (bicyclic) bond motifs is 1. The number of carbonyl (C=O) groups excluding carboxylic acids is 1. The lowest BCUT2D eigenvalue weighted by Crippen LogP contribution is -2.06. The second-order valence-electron chi connectivity index (χ2n) is 6.64. The summed E-state index contributed by atoms with van der Waals surface area (Å²) in [5, 5.41) is 8.87. The van der Waals surface area contributed by atoms with E-state index in [-0.39, 0.29) is 11.0 Å². The lowest BCUT2D eigenvalue weighted by atomic mass is 9.99. The molecule has 2 aromatic heterocycles. The summed E-state index contributed by atoms with van der Waals surface area (Å²) < 4.78 is 1.88. The number of anilines is 1. The van der Waals surface area contributed by atoms with Gasteiger partial charge in [0.05, 0.1) is 10.9 Å². The van der Waals surface area contributed by atoms with Crippen molar-refractivity contribution in [1.82, 2.24) is 14.8 Å². The average Bonchev–Trinajstić information content (AvgIpc) is 2.89. The standard InChI is InChI=1S/C21H21ClN4OS/c1-3-17(27)13-7-8-14(15(22)12-13)20-18-19(16-6-4-5-9-23-16)25-26(2)21(18)24-10-11-28-20/h4-9,12,20,24H,3,10-11H2,1-2H3. The van der Waals surface area contributed by atoms with Crippen molar-refractivity contribution in [2.75, 3.05) is 17.6 Å². The number of ketones is 1. The summed E-state index contributed by atoms with van der Waals surface area (Å²) in [6.07, 6.45) is 2.25. The molecule has 144 valence electrons. The van der Waals surface area contributed by atoms with Gasteiger partial charge in [-0.2, -0.15) is 5.10 Å². The van der Waals surface area contributed by atoms with E-state index in [1.807, 2.05) is 60.7 Å². The molecule has 0 spiro atoms. The summed E-state index contributed by atoms with van der Waals surface area (Å²) in [6.45, 7) is 2.71. The highest BCUT2D eigenvalue weighted by molar-refractivity contribution is 7.99. The number of carbonyl (C=O) groups is 1. The highest BCUT2D eigenvalue weighted by Crippen LogP contribution is 2.47. The summed E-state index contributed by atoms with van der Waals surface area (Å²) in [6, 6.07) is 11.5. The molecule has 0 saturated heterocycles. The van der Waals surface area contributed by atoms with Gasteiger partial charge >= 0.3 is 0 Å². The Hall–Kier alpha value is -2.31. The van der Waals surface area contributed by atoms with E-state index < -0.39 is 0 Å². The van der Waals surface area contributed by atoms with Crippen LogP contribution in [0.4, 0.5) is 5.82 Å². The van der Waals surface area contributed by atoms with Crippen molar-refractivity contribution in [1.29, 1.82) is 0 Å². The fourth-order valence-electron chi connectivity index (χ4n) is 3.48. The molecule has 1 atom stereocenters. The highest BCUT2D eigenvalue weighted by Gasteiger charge is 2.30. The summed E-state index contributed by atoms with van der Waals surface area (Å²) in [7, 11) is 1.94. The van der Waals surface area contributed by atoms with Gasteiger partial charge in [-0.3, -0.25) is 14.5 Å². The van der Waals surface area contributed by atoms with E-state index in [0.717, 1.165) is 40.6 Å². The van der Waals surface area contributed by atoms with Gasteiger partial charge in [-0.15, -0.1) is 11.8 Å². The Labute approximate surface area is 173 Å². The third kappa shape index (κ3) is 3.42. The molecule has 3 heterocycles. The topological polar surface area (TPSA) is 59.8 Å². The van der Waals surface area contributed by atoms with Gasteiger partial charge in [0.15, 0.2) is 5.78 Å². The van der Waals surface area contributed by atoms with Crippen molar-refractivity contribution in [3.63, 3.8) is 0 Å². The smallest absolute Gasteiger partial charge is 0.162 e. The lowest BCUT2D eigenvalue weighted by Gasteiger charge is -2.18. The summed E-state index contributed by atoms with van der Waals surface area (Å²) >= 11 is 8.48. The molecule has 3 aromatic rings. The molecule has 0 radical (unpaired) electrons. The Morgan fingerprint density at radius 2 is 2.21 bits per heavy atom. The second kappa shape index (κ2) is 7.97. The van der Waals surface area contributed by atoms with Gasteiger partial charge in [0, 0.05) is 48.1 Å². The highest BCUT2D eigenvalue weighted by atomic mass is 35.5. The van der Waals surface area contributed by atoms with Crippen molar-refractivity contribution in [3.05, 3.63) is 64.3 Å². The summed E-state index contributed by atoms with van der Waals surface area (Å²) in [4.78, 5) is 16.6. The third-order valence-electron chi connectivity index (χ3n) is 4.86. The molecule has 1 aliphatic rings. The van der Waals surface area contributed by atoms with E-state index in [0.29, 0.717) is 17.0 Å². The molecule has 1 aromatic carbocycles. The molecule has 4 rings (SSSR count). The number of nitrogens with zero attached hydrogens (tertiary/aromatic N) is 3. The Morgan fingerprint density at radius 3 is 2.93 bits per heavy atom. The molecule has 1 aliphatic heterocycles. The number of aryl methyl sites for hydroxylation is 1. The summed E-state index contributed by atoms with van der Waals surface area (Å²) in [5.74, 6) is 2.02. The minimum Gasteiger partial charge on any atom is -0.369 e. The molecule has 0 fully saturated rings. The number of benzene rings is 1. The Balaban J connectivity index is 1.86. The van der Waals surface area contributed by atoms with Crippen LogP contribution in [0.15, 0.2) is 42.6 Å². The number of rotatable bonds is 4. The molecule has 28 heavy (non-hydrogen) atoms. The Kier molecular flexibility index (Phi) is 5.42. The molecule has 0 saturated carbocycles. The normalized spacial score (nSPS) is 16.2. The predicted octanol–water partition coefficient (Wildman–Crippen LogP) is 4.98. The predicted molar refractivity (Wildman–Crippen MR) is 115 cm³/mol. The minimum atomic E-state index is 0.00832. The second-order valence-corrected chi connectivity index (χ2v) is 8.26. The van der Waals surface area contributed by atoms with Gasteiger partial charge < -0.3 is 5.32 Å². The first-order valence-corrected chi connectivity index (χ1v) is 10.7. The van der Waals surface area contributed by atoms with E-state index >= 15 is 0 Å². The Bertz CT molecular complexity index is 1020. The molecule has 0 aliphatic carbocycles. The van der Waals surface area contributed by atoms with Crippen molar-refractivity contribution in [3.8, 4) is 11.4 Å². The van der Waals surface area contributed by atoms with Crippen molar-refractivity contribution >= 4 is 35.0 Å². The fraction of sp³-hybridized carbons (Fsp3) is 0.286. The molecule has 0 amide bonds. The zero-order chi connectivity index (χ0) is 19.7. The van der Waals surface area contributed by atoms with Gasteiger partial charge in [-0.25, -0.2) is 0 Å². The molecule has 7 heteroatoms. The van der Waals surface area contributed by atoms with E-state index in [1.54, 1.807) is 12.3 Å². The monoisotopic (exact) mass is 412 g/mol. The van der Waals surface area contributed by atoms with Gasteiger partial charge in [0.25, 0.3) is 0 Å². The van der Waals surface area contributed by atoms with Gasteiger partial charge in [-0.05, 0) is 23.8 Å². The number of nitrogens with one attached hydrogen (secondary N) is 1. The largest absolute Gasteiger partial charge is 0.369 e. The quantitative estimate of drug-likeness (QED) is 0.612. The maximum Gasteiger partial charge on any atom is 0.162 e. The third-order valence-corrected chi connectivity index (χ3v) is 6.45. The molecule has 0 bridgehead atoms. The first-order chi connectivity index (χ1) is 13.6. The number of pyridine rings is 1. The van der Waals surface area contributed by atoms with E-state index in [4.69, 9.17) is 16.7 Å². The van der Waals surface area contributed by atoms with Crippen LogP contribution in [0.1, 0.15) is 40.1 Å². The number of hydrogen-bond donors (Lipinski definition) is 1. The number of Topliss-reactive ketones (excluding diaryl/α,β-unsaturated/α-hetero) is 1. The molecule has 1 unspecified atom stereocenters. The van der Waals surface area contributed by atoms with Gasteiger partial charge in [0.2, 0.25) is 0 Å². The van der Waals surface area contributed by atoms with Crippen molar-refractivity contribution in [2.45, 2.75) is 18.6 Å². The number of halogens is 1. The number of thioether (sulfide) groups is 1. The van der Waals surface area contributed by atoms with Crippen LogP contribution < -0.4 is 5.32 Å². The average molecular weight is 413 g/mol. The van der Waals surface area contributed by atoms with E-state index in [2.05, 4.69) is 10.3 Å². The number of aromatic nitrogens is 3. The fourth-order valence-corrected chi connectivity index (χ4v) is 5.07. The van der Waals surface area contributed by atoms with Crippen molar-refractivity contribution in [2.24, 2.45) is 7.05 Å². The lowest BCUT2D eigenvalue weighted by molar-refractivity contribution is 0.0988. The molecule has 5 nitrogen and oxygen atoms in total. The minimum absolute atomic E-state index is 0.00832.